The van der Waals surface area contributed by atoms with Gasteiger partial charge in [-0.2, -0.15) is 4.98 Å². The van der Waals surface area contributed by atoms with E-state index in [9.17, 15) is 4.39 Å². The van der Waals surface area contributed by atoms with Crippen molar-refractivity contribution in [2.45, 2.75) is 6.54 Å². The first kappa shape index (κ1) is 10.4. The molecular formula is C11H9FN4S. The fourth-order valence-electron chi connectivity index (χ4n) is 1.62. The zero-order valence-electron chi connectivity index (χ0n) is 8.80. The highest BCUT2D eigenvalue weighted by atomic mass is 32.1. The summed E-state index contributed by atoms with van der Waals surface area (Å²) in [5, 5.41) is 6.17. The highest BCUT2D eigenvalue weighted by molar-refractivity contribution is 7.15. The molecule has 2 aromatic heterocycles. The predicted octanol–water partition coefficient (Wildman–Crippen LogP) is 2.06. The van der Waals surface area contributed by atoms with Crippen molar-refractivity contribution in [1.29, 1.82) is 0 Å². The number of halogens is 1. The molecule has 4 nitrogen and oxygen atoms in total. The van der Waals surface area contributed by atoms with Gasteiger partial charge in [0.2, 0.25) is 4.96 Å². The van der Waals surface area contributed by atoms with E-state index in [1.807, 2.05) is 5.38 Å². The summed E-state index contributed by atoms with van der Waals surface area (Å²) >= 11 is 1.45. The van der Waals surface area contributed by atoms with Crippen LogP contribution in [0.1, 0.15) is 5.69 Å². The topological polar surface area (TPSA) is 56.2 Å². The molecule has 0 saturated carbocycles. The van der Waals surface area contributed by atoms with Gasteiger partial charge in [0.15, 0.2) is 5.82 Å². The average Bonchev–Trinajstić information content (AvgIpc) is 2.88. The molecule has 0 aliphatic carbocycles. The monoisotopic (exact) mass is 248 g/mol. The highest BCUT2D eigenvalue weighted by Gasteiger charge is 2.13. The van der Waals surface area contributed by atoms with E-state index in [1.54, 1.807) is 22.7 Å². The molecule has 6 heteroatoms. The number of benzene rings is 1. The molecule has 0 spiro atoms. The minimum Gasteiger partial charge on any atom is -0.325 e. The Labute approximate surface area is 101 Å². The Hall–Kier alpha value is -1.79. The van der Waals surface area contributed by atoms with E-state index >= 15 is 0 Å². The summed E-state index contributed by atoms with van der Waals surface area (Å²) in [4.78, 5) is 5.01. The van der Waals surface area contributed by atoms with Crippen molar-refractivity contribution in [3.63, 3.8) is 0 Å². The summed E-state index contributed by atoms with van der Waals surface area (Å²) in [6.45, 7) is 0.389. The lowest BCUT2D eigenvalue weighted by molar-refractivity contribution is 0.630. The van der Waals surface area contributed by atoms with Crippen molar-refractivity contribution in [2.24, 2.45) is 5.73 Å². The van der Waals surface area contributed by atoms with Crippen LogP contribution in [0.4, 0.5) is 4.39 Å². The van der Waals surface area contributed by atoms with Crippen molar-refractivity contribution in [3.8, 4) is 11.4 Å². The quantitative estimate of drug-likeness (QED) is 0.755. The molecule has 2 heterocycles. The van der Waals surface area contributed by atoms with Crippen LogP contribution in [0, 0.1) is 5.82 Å². The summed E-state index contributed by atoms with van der Waals surface area (Å²) in [5.41, 5.74) is 6.87. The Kier molecular flexibility index (Phi) is 2.38. The predicted molar refractivity (Wildman–Crippen MR) is 64.1 cm³/mol. The second-order valence-corrected chi connectivity index (χ2v) is 4.38. The number of hydrogen-bond acceptors (Lipinski definition) is 4. The first-order valence-corrected chi connectivity index (χ1v) is 5.95. The molecule has 0 aliphatic heterocycles. The van der Waals surface area contributed by atoms with Gasteiger partial charge in [-0.05, 0) is 12.1 Å². The molecule has 0 fully saturated rings. The molecule has 0 bridgehead atoms. The number of fused-ring (bicyclic) bond motifs is 1. The third-order valence-electron chi connectivity index (χ3n) is 2.47. The van der Waals surface area contributed by atoms with Gasteiger partial charge in [-0.1, -0.05) is 12.1 Å². The van der Waals surface area contributed by atoms with Crippen molar-refractivity contribution >= 4 is 16.3 Å². The molecule has 1 aromatic carbocycles. The van der Waals surface area contributed by atoms with Gasteiger partial charge in [-0.15, -0.1) is 16.4 Å². The lowest BCUT2D eigenvalue weighted by atomic mass is 10.2. The summed E-state index contributed by atoms with van der Waals surface area (Å²) in [6, 6.07) is 6.46. The van der Waals surface area contributed by atoms with E-state index in [0.29, 0.717) is 17.9 Å². The minimum atomic E-state index is -0.319. The van der Waals surface area contributed by atoms with E-state index in [-0.39, 0.29) is 5.82 Å². The van der Waals surface area contributed by atoms with Crippen LogP contribution in [0.5, 0.6) is 0 Å². The standard InChI is InChI=1S/C11H9FN4S/c12-9-4-2-1-3-8(9)10-14-11-16(15-10)7(5-13)6-17-11/h1-4,6H,5,13H2. The van der Waals surface area contributed by atoms with Crippen molar-refractivity contribution in [2.75, 3.05) is 0 Å². The number of rotatable bonds is 2. The van der Waals surface area contributed by atoms with Gasteiger partial charge in [0.05, 0.1) is 11.3 Å². The van der Waals surface area contributed by atoms with Crippen LogP contribution >= 0.6 is 11.3 Å². The minimum absolute atomic E-state index is 0.319. The average molecular weight is 248 g/mol. The normalized spacial score (nSPS) is 11.2. The third kappa shape index (κ3) is 1.62. The molecule has 0 amide bonds. The van der Waals surface area contributed by atoms with Gasteiger partial charge < -0.3 is 5.73 Å². The zero-order chi connectivity index (χ0) is 11.8. The SMILES string of the molecule is NCc1csc2nc(-c3ccccc3F)nn12. The van der Waals surface area contributed by atoms with Gasteiger partial charge in [0.25, 0.3) is 0 Å². The molecular weight excluding hydrogens is 239 g/mol. The number of thiazole rings is 1. The summed E-state index contributed by atoms with van der Waals surface area (Å²) < 4.78 is 15.2. The molecule has 0 aliphatic rings. The lowest BCUT2D eigenvalue weighted by Gasteiger charge is -1.96. The Morgan fingerprint density at radius 2 is 2.18 bits per heavy atom. The van der Waals surface area contributed by atoms with Crippen LogP contribution in [0.15, 0.2) is 29.6 Å². The molecule has 0 radical (unpaired) electrons. The molecule has 86 valence electrons. The van der Waals surface area contributed by atoms with E-state index in [0.717, 1.165) is 10.7 Å². The van der Waals surface area contributed by atoms with Gasteiger partial charge in [-0.25, -0.2) is 8.91 Å². The van der Waals surface area contributed by atoms with Crippen LogP contribution in [-0.4, -0.2) is 14.6 Å². The van der Waals surface area contributed by atoms with E-state index in [2.05, 4.69) is 10.1 Å². The number of hydrogen-bond donors (Lipinski definition) is 1. The van der Waals surface area contributed by atoms with Gasteiger partial charge >= 0.3 is 0 Å². The Balaban J connectivity index is 2.19. The van der Waals surface area contributed by atoms with E-state index < -0.39 is 0 Å². The molecule has 3 aromatic rings. The van der Waals surface area contributed by atoms with E-state index in [4.69, 9.17) is 5.73 Å². The zero-order valence-corrected chi connectivity index (χ0v) is 9.62. The van der Waals surface area contributed by atoms with E-state index in [1.165, 1.54) is 17.4 Å². The van der Waals surface area contributed by atoms with Crippen LogP contribution in [-0.2, 0) is 6.54 Å². The van der Waals surface area contributed by atoms with Crippen LogP contribution < -0.4 is 5.73 Å². The summed E-state index contributed by atoms with van der Waals surface area (Å²) in [7, 11) is 0. The summed E-state index contributed by atoms with van der Waals surface area (Å²) in [6.07, 6.45) is 0. The largest absolute Gasteiger partial charge is 0.325 e. The maximum absolute atomic E-state index is 13.6. The Morgan fingerprint density at radius 3 is 2.94 bits per heavy atom. The second-order valence-electron chi connectivity index (χ2n) is 3.54. The van der Waals surface area contributed by atoms with Gasteiger partial charge in [0.1, 0.15) is 5.82 Å². The Morgan fingerprint density at radius 1 is 1.35 bits per heavy atom. The molecule has 17 heavy (non-hydrogen) atoms. The van der Waals surface area contributed by atoms with Crippen LogP contribution in [0.25, 0.3) is 16.3 Å². The van der Waals surface area contributed by atoms with Crippen LogP contribution in [0.3, 0.4) is 0 Å². The fraction of sp³-hybridized carbons (Fsp3) is 0.0909. The third-order valence-corrected chi connectivity index (χ3v) is 3.34. The maximum Gasteiger partial charge on any atom is 0.212 e. The lowest BCUT2D eigenvalue weighted by Crippen LogP contribution is -2.01. The first-order chi connectivity index (χ1) is 8.29. The molecule has 3 rings (SSSR count). The van der Waals surface area contributed by atoms with Gasteiger partial charge in [-0.3, -0.25) is 0 Å². The van der Waals surface area contributed by atoms with Gasteiger partial charge in [0, 0.05) is 11.9 Å². The molecule has 0 unspecified atom stereocenters. The smallest absolute Gasteiger partial charge is 0.212 e. The molecule has 0 saturated heterocycles. The van der Waals surface area contributed by atoms with Crippen molar-refractivity contribution < 1.29 is 4.39 Å². The fourth-order valence-corrected chi connectivity index (χ4v) is 2.46. The first-order valence-electron chi connectivity index (χ1n) is 5.07. The molecule has 2 N–H and O–H groups in total. The van der Waals surface area contributed by atoms with Crippen molar-refractivity contribution in [1.82, 2.24) is 14.6 Å². The number of nitrogens with zero attached hydrogens (tertiary/aromatic N) is 3. The number of aromatic nitrogens is 3. The second kappa shape index (κ2) is 3.90. The highest BCUT2D eigenvalue weighted by Crippen LogP contribution is 2.22. The summed E-state index contributed by atoms with van der Waals surface area (Å²) in [5.74, 6) is 0.0738. The Bertz CT molecular complexity index is 673. The van der Waals surface area contributed by atoms with Crippen molar-refractivity contribution in [3.05, 3.63) is 41.2 Å². The van der Waals surface area contributed by atoms with Crippen LogP contribution in [0.2, 0.25) is 0 Å². The molecule has 0 atom stereocenters. The number of nitrogens with two attached hydrogens (primary N) is 1. The maximum atomic E-state index is 13.6.